The van der Waals surface area contributed by atoms with Crippen LogP contribution < -0.4 is 11.6 Å². The minimum atomic E-state index is -3.90. The highest BCUT2D eigenvalue weighted by molar-refractivity contribution is 7.86. The van der Waals surface area contributed by atoms with Gasteiger partial charge >= 0.3 is 10.1 Å². The van der Waals surface area contributed by atoms with Gasteiger partial charge in [0.1, 0.15) is 0 Å². The lowest BCUT2D eigenvalue weighted by Gasteiger charge is -2.09. The fraction of sp³-hybridized carbons (Fsp3) is 0.143. The maximum absolute atomic E-state index is 11.0. The Hall–Kier alpha value is -0.950. The molecule has 4 N–H and O–H groups in total. The summed E-state index contributed by atoms with van der Waals surface area (Å²) in [5.74, 6) is 4.58. The largest absolute Gasteiger partial charge is 0.309 e. The summed E-state index contributed by atoms with van der Waals surface area (Å²) in [5.41, 5.74) is 5.83. The minimum absolute atomic E-state index is 0.438. The Balaban J connectivity index is 2.99. The number of hydrogen-bond donors (Lipinski definition) is 2. The third-order valence-corrected chi connectivity index (χ3v) is 2.74. The van der Waals surface area contributed by atoms with Crippen molar-refractivity contribution in [2.45, 2.75) is 5.37 Å². The summed E-state index contributed by atoms with van der Waals surface area (Å²) in [7, 11) is -3.90. The summed E-state index contributed by atoms with van der Waals surface area (Å²) in [6.07, 6.45) is 0. The summed E-state index contributed by atoms with van der Waals surface area (Å²) in [5, 5.41) is -1.24. The molecular formula is C7H10N2O3S. The number of hydrogen-bond acceptors (Lipinski definition) is 5. The van der Waals surface area contributed by atoms with Gasteiger partial charge in [-0.3, -0.25) is 0 Å². The average Bonchev–Trinajstić information content (AvgIpc) is 2.18. The van der Waals surface area contributed by atoms with Crippen molar-refractivity contribution in [3.05, 3.63) is 35.9 Å². The van der Waals surface area contributed by atoms with E-state index in [0.29, 0.717) is 5.56 Å². The van der Waals surface area contributed by atoms with Crippen molar-refractivity contribution in [3.63, 3.8) is 0 Å². The molecule has 0 radical (unpaired) electrons. The van der Waals surface area contributed by atoms with Gasteiger partial charge in [0.25, 0.3) is 0 Å². The molecule has 1 aromatic rings. The van der Waals surface area contributed by atoms with E-state index >= 15 is 0 Å². The molecule has 1 atom stereocenters. The Bertz CT molecular complexity index is 363. The van der Waals surface area contributed by atoms with Crippen LogP contribution in [0.3, 0.4) is 0 Å². The zero-order valence-electron chi connectivity index (χ0n) is 6.75. The molecule has 0 aliphatic heterocycles. The van der Waals surface area contributed by atoms with Crippen LogP contribution in [0.15, 0.2) is 30.3 Å². The summed E-state index contributed by atoms with van der Waals surface area (Å²) >= 11 is 0. The van der Waals surface area contributed by atoms with Gasteiger partial charge in [-0.1, -0.05) is 30.3 Å². The lowest BCUT2D eigenvalue weighted by Crippen LogP contribution is -2.25. The average molecular weight is 202 g/mol. The van der Waals surface area contributed by atoms with Crippen molar-refractivity contribution in [1.29, 1.82) is 0 Å². The third-order valence-electron chi connectivity index (χ3n) is 1.57. The van der Waals surface area contributed by atoms with Crippen molar-refractivity contribution in [2.24, 2.45) is 11.6 Å². The first-order valence-electron chi connectivity index (χ1n) is 3.50. The van der Waals surface area contributed by atoms with Crippen LogP contribution in [0.25, 0.3) is 0 Å². The first-order valence-corrected chi connectivity index (χ1v) is 4.98. The molecule has 0 aromatic heterocycles. The van der Waals surface area contributed by atoms with E-state index in [4.69, 9.17) is 5.73 Å². The van der Waals surface area contributed by atoms with Gasteiger partial charge in [-0.2, -0.15) is 18.6 Å². The van der Waals surface area contributed by atoms with Gasteiger partial charge in [-0.05, 0) is 5.56 Å². The van der Waals surface area contributed by atoms with E-state index in [-0.39, 0.29) is 0 Å². The van der Waals surface area contributed by atoms with Crippen molar-refractivity contribution in [2.75, 3.05) is 0 Å². The molecule has 6 heteroatoms. The van der Waals surface area contributed by atoms with Gasteiger partial charge in [0.15, 0.2) is 5.37 Å². The lowest BCUT2D eigenvalue weighted by molar-refractivity contribution is 0.326. The smallest absolute Gasteiger partial charge is 0.303 e. The molecule has 0 spiro atoms. The van der Waals surface area contributed by atoms with E-state index in [9.17, 15) is 8.42 Å². The Labute approximate surface area is 76.4 Å². The highest BCUT2D eigenvalue weighted by Crippen LogP contribution is 2.16. The fourth-order valence-electron chi connectivity index (χ4n) is 0.869. The molecule has 0 amide bonds. The molecule has 0 aliphatic rings. The van der Waals surface area contributed by atoms with E-state index in [1.165, 1.54) is 0 Å². The molecule has 0 aliphatic carbocycles. The second-order valence-electron chi connectivity index (χ2n) is 2.42. The maximum atomic E-state index is 11.0. The zero-order valence-corrected chi connectivity index (χ0v) is 7.57. The monoisotopic (exact) mass is 202 g/mol. The van der Waals surface area contributed by atoms with Crippen molar-refractivity contribution in [1.82, 2.24) is 0 Å². The van der Waals surface area contributed by atoms with Gasteiger partial charge in [-0.25, -0.2) is 0 Å². The quantitative estimate of drug-likeness (QED) is 0.665. The van der Waals surface area contributed by atoms with Crippen LogP contribution in [0.1, 0.15) is 10.9 Å². The Morgan fingerprint density at radius 3 is 2.23 bits per heavy atom. The molecule has 1 unspecified atom stereocenters. The predicted octanol–water partition coefficient (Wildman–Crippen LogP) is -0.136. The second-order valence-corrected chi connectivity index (χ2v) is 4.11. The molecular weight excluding hydrogens is 192 g/mol. The Morgan fingerprint density at radius 1 is 1.23 bits per heavy atom. The standard InChI is InChI=1S/C7H10N2O3S/c8-7(13(10,11)12-9)6-4-2-1-3-5-6/h1-5,7H,8-9H2. The van der Waals surface area contributed by atoms with Crippen LogP contribution >= 0.6 is 0 Å². The summed E-state index contributed by atoms with van der Waals surface area (Å²) in [6, 6.07) is 8.29. The van der Waals surface area contributed by atoms with Crippen LogP contribution in [0.5, 0.6) is 0 Å². The molecule has 1 rings (SSSR count). The third kappa shape index (κ3) is 2.25. The van der Waals surface area contributed by atoms with Crippen LogP contribution in [0.2, 0.25) is 0 Å². The van der Waals surface area contributed by atoms with Gasteiger partial charge in [-0.15, -0.1) is 0 Å². The molecule has 72 valence electrons. The van der Waals surface area contributed by atoms with E-state index in [1.807, 2.05) is 0 Å². The summed E-state index contributed by atoms with van der Waals surface area (Å²) in [6.45, 7) is 0. The van der Waals surface area contributed by atoms with Gasteiger partial charge in [0, 0.05) is 0 Å². The molecule has 0 saturated heterocycles. The van der Waals surface area contributed by atoms with E-state index in [2.05, 4.69) is 10.2 Å². The van der Waals surface area contributed by atoms with Crippen LogP contribution in [-0.4, -0.2) is 8.42 Å². The molecule has 0 bridgehead atoms. The van der Waals surface area contributed by atoms with Crippen LogP contribution in [-0.2, 0) is 14.4 Å². The van der Waals surface area contributed by atoms with E-state index in [1.54, 1.807) is 30.3 Å². The first kappa shape index (κ1) is 10.1. The first-order chi connectivity index (χ1) is 6.08. The van der Waals surface area contributed by atoms with Gasteiger partial charge in [0.2, 0.25) is 0 Å². The molecule has 0 fully saturated rings. The molecule has 5 nitrogen and oxygen atoms in total. The maximum Gasteiger partial charge on any atom is 0.303 e. The molecule has 13 heavy (non-hydrogen) atoms. The normalized spacial score (nSPS) is 14.0. The summed E-state index contributed by atoms with van der Waals surface area (Å²) in [4.78, 5) is 0. The van der Waals surface area contributed by atoms with E-state index in [0.717, 1.165) is 0 Å². The van der Waals surface area contributed by atoms with Crippen molar-refractivity contribution < 1.29 is 12.7 Å². The molecule has 0 saturated carbocycles. The van der Waals surface area contributed by atoms with Crippen LogP contribution in [0, 0.1) is 0 Å². The highest BCUT2D eigenvalue weighted by Gasteiger charge is 2.22. The number of nitrogens with two attached hydrogens (primary N) is 2. The Morgan fingerprint density at radius 2 is 1.77 bits per heavy atom. The predicted molar refractivity (Wildman–Crippen MR) is 47.6 cm³/mol. The van der Waals surface area contributed by atoms with Gasteiger partial charge < -0.3 is 5.73 Å². The van der Waals surface area contributed by atoms with Crippen molar-refractivity contribution >= 4 is 10.1 Å². The Kier molecular flexibility index (Phi) is 2.99. The lowest BCUT2D eigenvalue weighted by atomic mass is 10.2. The fourth-order valence-corrected chi connectivity index (χ4v) is 1.48. The molecule has 0 heterocycles. The number of benzene rings is 1. The second kappa shape index (κ2) is 3.84. The van der Waals surface area contributed by atoms with E-state index < -0.39 is 15.5 Å². The zero-order chi connectivity index (χ0) is 9.90. The van der Waals surface area contributed by atoms with Gasteiger partial charge in [0.05, 0.1) is 0 Å². The number of rotatable bonds is 3. The highest BCUT2D eigenvalue weighted by atomic mass is 32.2. The topological polar surface area (TPSA) is 95.4 Å². The molecule has 1 aromatic carbocycles. The minimum Gasteiger partial charge on any atom is -0.309 e. The van der Waals surface area contributed by atoms with Crippen LogP contribution in [0.4, 0.5) is 0 Å². The SMILES string of the molecule is NOS(=O)(=O)C(N)c1ccccc1. The van der Waals surface area contributed by atoms with Crippen molar-refractivity contribution in [3.8, 4) is 0 Å². The summed E-state index contributed by atoms with van der Waals surface area (Å²) < 4.78 is 25.9.